The molecule has 3 fully saturated rings. The fourth-order valence-corrected chi connectivity index (χ4v) is 6.15. The topological polar surface area (TPSA) is 67.8 Å². The van der Waals surface area contributed by atoms with E-state index in [1.54, 1.807) is 0 Å². The van der Waals surface area contributed by atoms with Crippen molar-refractivity contribution < 1.29 is 19.2 Å². The summed E-state index contributed by atoms with van der Waals surface area (Å²) >= 11 is 0. The number of benzene rings is 1. The Bertz CT molecular complexity index is 853. The highest BCUT2D eigenvalue weighted by atomic mass is 16.7. The van der Waals surface area contributed by atoms with Crippen LogP contribution in [0.1, 0.15) is 91.0 Å². The zero-order valence-corrected chi connectivity index (χ0v) is 21.4. The second-order valence-corrected chi connectivity index (χ2v) is 11.5. The lowest BCUT2D eigenvalue weighted by atomic mass is 9.67. The molecule has 5 nitrogen and oxygen atoms in total. The molecular weight excluding hydrogens is 425 g/mol. The van der Waals surface area contributed by atoms with Gasteiger partial charge in [0.25, 0.3) is 0 Å². The summed E-state index contributed by atoms with van der Waals surface area (Å²) in [7, 11) is -0.359. The maximum atomic E-state index is 12.7. The average molecular weight is 467 g/mol. The second kappa shape index (κ2) is 10.2. The number of carboxylic acids is 1. The van der Waals surface area contributed by atoms with Crippen molar-refractivity contribution in [1.82, 2.24) is 5.32 Å². The first kappa shape index (κ1) is 25.5. The van der Waals surface area contributed by atoms with E-state index in [4.69, 9.17) is 9.31 Å². The zero-order valence-electron chi connectivity index (χ0n) is 21.4. The van der Waals surface area contributed by atoms with Crippen LogP contribution in [0.15, 0.2) is 30.3 Å². The van der Waals surface area contributed by atoms with Crippen LogP contribution in [-0.2, 0) is 14.1 Å². The summed E-state index contributed by atoms with van der Waals surface area (Å²) in [6.45, 7) is 8.82. The van der Waals surface area contributed by atoms with Crippen molar-refractivity contribution in [2.75, 3.05) is 6.54 Å². The largest absolute Gasteiger partial charge is 0.494 e. The van der Waals surface area contributed by atoms with Gasteiger partial charge in [0.05, 0.1) is 11.2 Å². The van der Waals surface area contributed by atoms with E-state index in [1.807, 2.05) is 0 Å². The fraction of sp³-hybridized carbons (Fsp3) is 0.679. The summed E-state index contributed by atoms with van der Waals surface area (Å²) < 4.78 is 12.3. The third kappa shape index (κ3) is 5.00. The Morgan fingerprint density at radius 1 is 0.971 bits per heavy atom. The quantitative estimate of drug-likeness (QED) is 0.516. The van der Waals surface area contributed by atoms with Crippen LogP contribution in [0.2, 0.25) is 0 Å². The van der Waals surface area contributed by atoms with Crippen LogP contribution < -0.4 is 10.8 Å². The van der Waals surface area contributed by atoms with Crippen molar-refractivity contribution in [3.63, 3.8) is 0 Å². The summed E-state index contributed by atoms with van der Waals surface area (Å²) in [5.41, 5.74) is 0.604. The Labute approximate surface area is 205 Å². The lowest BCUT2D eigenvalue weighted by Gasteiger charge is -2.44. The van der Waals surface area contributed by atoms with E-state index in [0.717, 1.165) is 62.4 Å². The minimum absolute atomic E-state index is 0.231. The van der Waals surface area contributed by atoms with Gasteiger partial charge < -0.3 is 14.4 Å². The molecule has 186 valence electrons. The van der Waals surface area contributed by atoms with Gasteiger partial charge in [0.2, 0.25) is 0 Å². The second-order valence-electron chi connectivity index (χ2n) is 11.5. The molecule has 1 atom stereocenters. The highest BCUT2D eigenvalue weighted by Gasteiger charge is 2.52. The number of hydrogen-bond donors (Lipinski definition) is 2. The smallest absolute Gasteiger partial charge is 0.480 e. The molecule has 6 heteroatoms. The van der Waals surface area contributed by atoms with Gasteiger partial charge in [-0.05, 0) is 76.2 Å². The van der Waals surface area contributed by atoms with Crippen LogP contribution in [-0.4, -0.2) is 41.5 Å². The lowest BCUT2D eigenvalue weighted by molar-refractivity contribution is -0.151. The molecule has 2 saturated carbocycles. The molecule has 0 radical (unpaired) electrons. The van der Waals surface area contributed by atoms with Crippen molar-refractivity contribution in [3.05, 3.63) is 35.9 Å². The highest BCUT2D eigenvalue weighted by molar-refractivity contribution is 6.62. The van der Waals surface area contributed by atoms with Gasteiger partial charge in [0.15, 0.2) is 0 Å². The van der Waals surface area contributed by atoms with E-state index in [1.165, 1.54) is 6.42 Å². The first-order valence-corrected chi connectivity index (χ1v) is 13.3. The standard InChI is InChI=1S/C28H42BNO4/c1-26(2)27(3,4)34-29(33-26)24-18-16-21(17-19-24)11-10-20-30-28(25(31)32,23-14-8-9-15-23)22-12-6-5-7-13-22/h10-11,16-19,22-23,30H,5-9,12-15,20H2,1-4H3,(H,31,32)/t28-/m1/s1. The van der Waals surface area contributed by atoms with Crippen LogP contribution in [0.3, 0.4) is 0 Å². The van der Waals surface area contributed by atoms with Crippen LogP contribution in [0, 0.1) is 11.8 Å². The van der Waals surface area contributed by atoms with Gasteiger partial charge in [-0.1, -0.05) is 68.5 Å². The molecule has 0 spiro atoms. The maximum absolute atomic E-state index is 12.7. The van der Waals surface area contributed by atoms with Gasteiger partial charge in [0.1, 0.15) is 5.54 Å². The normalized spacial score (nSPS) is 25.1. The van der Waals surface area contributed by atoms with E-state index in [9.17, 15) is 9.90 Å². The molecule has 0 aromatic heterocycles. The molecule has 1 saturated heterocycles. The predicted octanol–water partition coefficient (Wildman–Crippen LogP) is 5.18. The Hall–Kier alpha value is -1.63. The van der Waals surface area contributed by atoms with E-state index in [2.05, 4.69) is 69.4 Å². The Kier molecular flexibility index (Phi) is 7.61. The predicted molar refractivity (Wildman–Crippen MR) is 138 cm³/mol. The van der Waals surface area contributed by atoms with Crippen molar-refractivity contribution in [2.45, 2.75) is 102 Å². The monoisotopic (exact) mass is 467 g/mol. The van der Waals surface area contributed by atoms with Crippen LogP contribution in [0.5, 0.6) is 0 Å². The van der Waals surface area contributed by atoms with Gasteiger partial charge in [-0.3, -0.25) is 10.1 Å². The Balaban J connectivity index is 1.41. The molecule has 0 amide bonds. The summed E-state index contributed by atoms with van der Waals surface area (Å²) in [6, 6.07) is 8.24. The molecule has 2 N–H and O–H groups in total. The zero-order chi connectivity index (χ0) is 24.4. The molecule has 2 aliphatic carbocycles. The number of carboxylic acid groups (broad SMARTS) is 1. The molecule has 1 aromatic rings. The first-order chi connectivity index (χ1) is 16.2. The molecule has 3 aliphatic rings. The molecule has 34 heavy (non-hydrogen) atoms. The molecule has 1 aliphatic heterocycles. The van der Waals surface area contributed by atoms with E-state index in [0.29, 0.717) is 6.54 Å². The van der Waals surface area contributed by atoms with Crippen LogP contribution >= 0.6 is 0 Å². The van der Waals surface area contributed by atoms with Crippen LogP contribution in [0.25, 0.3) is 6.08 Å². The summed E-state index contributed by atoms with van der Waals surface area (Å²) in [5.74, 6) is -0.179. The van der Waals surface area contributed by atoms with Gasteiger partial charge in [-0.15, -0.1) is 0 Å². The van der Waals surface area contributed by atoms with Crippen LogP contribution in [0.4, 0.5) is 0 Å². The Morgan fingerprint density at radius 2 is 1.47 bits per heavy atom. The number of nitrogens with one attached hydrogen (secondary N) is 1. The SMILES string of the molecule is CC1(C)OB(c2ccc(C=CCN[C@](C(=O)O)(C3CCCCC3)C3CCCC3)cc2)OC1(C)C. The third-order valence-electron chi connectivity index (χ3n) is 8.89. The Morgan fingerprint density at radius 3 is 1.97 bits per heavy atom. The number of carbonyl (C=O) groups is 1. The summed E-state index contributed by atoms with van der Waals surface area (Å²) in [4.78, 5) is 12.7. The minimum Gasteiger partial charge on any atom is -0.480 e. The van der Waals surface area contributed by atoms with E-state index >= 15 is 0 Å². The van der Waals surface area contributed by atoms with Crippen molar-refractivity contribution in [1.29, 1.82) is 0 Å². The fourth-order valence-electron chi connectivity index (χ4n) is 6.15. The van der Waals surface area contributed by atoms with Crippen molar-refractivity contribution in [3.8, 4) is 0 Å². The average Bonchev–Trinajstić information content (AvgIpc) is 3.41. The number of rotatable bonds is 8. The maximum Gasteiger partial charge on any atom is 0.494 e. The lowest BCUT2D eigenvalue weighted by Crippen LogP contribution is -2.62. The number of hydrogen-bond acceptors (Lipinski definition) is 4. The molecule has 1 aromatic carbocycles. The number of aliphatic carboxylic acids is 1. The molecule has 4 rings (SSSR count). The van der Waals surface area contributed by atoms with E-state index in [-0.39, 0.29) is 30.2 Å². The molecular formula is C28H42BNO4. The minimum atomic E-state index is -0.790. The molecule has 1 heterocycles. The van der Waals surface area contributed by atoms with Crippen molar-refractivity contribution >= 4 is 24.6 Å². The van der Waals surface area contributed by atoms with E-state index < -0.39 is 11.5 Å². The molecule has 0 unspecified atom stereocenters. The van der Waals surface area contributed by atoms with Gasteiger partial charge >= 0.3 is 13.1 Å². The third-order valence-corrected chi connectivity index (χ3v) is 8.89. The first-order valence-electron chi connectivity index (χ1n) is 13.3. The summed E-state index contributed by atoms with van der Waals surface area (Å²) in [6.07, 6.45) is 14.1. The highest BCUT2D eigenvalue weighted by Crippen LogP contribution is 2.44. The summed E-state index contributed by atoms with van der Waals surface area (Å²) in [5, 5.41) is 14.0. The van der Waals surface area contributed by atoms with Gasteiger partial charge in [-0.25, -0.2) is 0 Å². The molecule has 0 bridgehead atoms. The van der Waals surface area contributed by atoms with Crippen molar-refractivity contribution in [2.24, 2.45) is 11.8 Å². The van der Waals surface area contributed by atoms with Gasteiger partial charge in [-0.2, -0.15) is 0 Å². The van der Waals surface area contributed by atoms with Gasteiger partial charge in [0, 0.05) is 6.54 Å².